The molecule has 1 heterocycles. The van der Waals surface area contributed by atoms with Crippen molar-refractivity contribution in [2.75, 3.05) is 10.6 Å². The molecule has 3 N–H and O–H groups in total. The zero-order valence-electron chi connectivity index (χ0n) is 14.7. The lowest BCUT2D eigenvalue weighted by Crippen LogP contribution is -2.44. The molecule has 2 saturated carbocycles. The van der Waals surface area contributed by atoms with Crippen molar-refractivity contribution in [2.45, 2.75) is 76.0 Å². The standard InChI is InChI=1S/C20H28N4/c1-13(2)22-16-9-14(10-16)3-6-19-23-17-5-4-15(11-18(17)24-19)20(12-21)7-8-20/h4-5,11,13-14,16,19,22-24H,3,6-10H2,1-2H3. The van der Waals surface area contributed by atoms with Gasteiger partial charge in [0.1, 0.15) is 0 Å². The van der Waals surface area contributed by atoms with E-state index in [0.717, 1.165) is 31.2 Å². The lowest BCUT2D eigenvalue weighted by molar-refractivity contribution is 0.196. The van der Waals surface area contributed by atoms with Gasteiger partial charge in [-0.25, -0.2) is 0 Å². The molecule has 0 spiro atoms. The molecular formula is C20H28N4. The Hall–Kier alpha value is -1.73. The van der Waals surface area contributed by atoms with E-state index in [-0.39, 0.29) is 5.41 Å². The van der Waals surface area contributed by atoms with Crippen LogP contribution in [0.2, 0.25) is 0 Å². The van der Waals surface area contributed by atoms with Gasteiger partial charge < -0.3 is 16.0 Å². The van der Waals surface area contributed by atoms with Gasteiger partial charge in [0.25, 0.3) is 0 Å². The maximum Gasteiger partial charge on any atom is 0.0964 e. The Morgan fingerprint density at radius 1 is 1.21 bits per heavy atom. The van der Waals surface area contributed by atoms with Crippen molar-refractivity contribution in [3.05, 3.63) is 23.8 Å². The van der Waals surface area contributed by atoms with Crippen molar-refractivity contribution < 1.29 is 0 Å². The highest BCUT2D eigenvalue weighted by Crippen LogP contribution is 2.49. The third-order valence-corrected chi connectivity index (χ3v) is 5.86. The Bertz CT molecular complexity index is 650. The van der Waals surface area contributed by atoms with Crippen LogP contribution in [0.1, 0.15) is 57.9 Å². The number of nitriles is 1. The highest BCUT2D eigenvalue weighted by Gasteiger charge is 2.45. The molecule has 4 nitrogen and oxygen atoms in total. The van der Waals surface area contributed by atoms with Crippen LogP contribution in [0, 0.1) is 17.2 Å². The van der Waals surface area contributed by atoms with Crippen LogP contribution in [-0.4, -0.2) is 18.2 Å². The molecule has 0 aromatic heterocycles. The minimum absolute atomic E-state index is 0.195. The van der Waals surface area contributed by atoms with E-state index in [4.69, 9.17) is 0 Å². The zero-order chi connectivity index (χ0) is 16.7. The normalized spacial score (nSPS) is 29.2. The molecule has 0 amide bonds. The third kappa shape index (κ3) is 2.98. The summed E-state index contributed by atoms with van der Waals surface area (Å²) in [6.07, 6.45) is 7.44. The summed E-state index contributed by atoms with van der Waals surface area (Å²) in [5, 5.41) is 20.2. The van der Waals surface area contributed by atoms with E-state index >= 15 is 0 Å². The molecule has 0 bridgehead atoms. The number of benzene rings is 1. The van der Waals surface area contributed by atoms with Crippen molar-refractivity contribution in [1.29, 1.82) is 5.26 Å². The second-order valence-electron chi connectivity index (χ2n) is 8.23. The van der Waals surface area contributed by atoms with Crippen LogP contribution in [0.15, 0.2) is 18.2 Å². The minimum atomic E-state index is -0.195. The highest BCUT2D eigenvalue weighted by atomic mass is 15.2. The average molecular weight is 324 g/mol. The van der Waals surface area contributed by atoms with Crippen LogP contribution < -0.4 is 16.0 Å². The van der Waals surface area contributed by atoms with Gasteiger partial charge in [-0.15, -0.1) is 0 Å². The van der Waals surface area contributed by atoms with Gasteiger partial charge in [0.15, 0.2) is 0 Å². The van der Waals surface area contributed by atoms with E-state index in [1.807, 2.05) is 0 Å². The molecule has 1 unspecified atom stereocenters. The van der Waals surface area contributed by atoms with Crippen molar-refractivity contribution in [3.8, 4) is 6.07 Å². The largest absolute Gasteiger partial charge is 0.364 e. The summed E-state index contributed by atoms with van der Waals surface area (Å²) in [5.41, 5.74) is 3.34. The maximum atomic E-state index is 9.37. The van der Waals surface area contributed by atoms with Crippen molar-refractivity contribution in [3.63, 3.8) is 0 Å². The fourth-order valence-corrected chi connectivity index (χ4v) is 4.21. The van der Waals surface area contributed by atoms with Gasteiger partial charge in [0, 0.05) is 12.1 Å². The predicted molar refractivity (Wildman–Crippen MR) is 98.0 cm³/mol. The molecule has 2 fully saturated rings. The van der Waals surface area contributed by atoms with Gasteiger partial charge in [0.05, 0.1) is 29.0 Å². The molecule has 1 aromatic rings. The maximum absolute atomic E-state index is 9.37. The summed E-state index contributed by atoms with van der Waals surface area (Å²) < 4.78 is 0. The average Bonchev–Trinajstić information content (AvgIpc) is 3.22. The van der Waals surface area contributed by atoms with Gasteiger partial charge in [-0.2, -0.15) is 5.26 Å². The first-order valence-electron chi connectivity index (χ1n) is 9.43. The summed E-state index contributed by atoms with van der Waals surface area (Å²) in [5.74, 6) is 0.873. The fourth-order valence-electron chi connectivity index (χ4n) is 4.21. The molecule has 1 aromatic carbocycles. The molecular weight excluding hydrogens is 296 g/mol. The van der Waals surface area contributed by atoms with Crippen LogP contribution in [-0.2, 0) is 5.41 Å². The molecule has 128 valence electrons. The van der Waals surface area contributed by atoms with Crippen LogP contribution in [0.5, 0.6) is 0 Å². The molecule has 1 aliphatic heterocycles. The molecule has 0 saturated heterocycles. The summed E-state index contributed by atoms with van der Waals surface area (Å²) in [6, 6.07) is 10.3. The first-order valence-corrected chi connectivity index (χ1v) is 9.43. The number of nitrogens with zero attached hydrogens (tertiary/aromatic N) is 1. The lowest BCUT2D eigenvalue weighted by Gasteiger charge is -2.37. The Morgan fingerprint density at radius 3 is 2.62 bits per heavy atom. The first-order chi connectivity index (χ1) is 11.6. The monoisotopic (exact) mass is 324 g/mol. The van der Waals surface area contributed by atoms with Crippen molar-refractivity contribution >= 4 is 11.4 Å². The number of rotatable bonds is 6. The SMILES string of the molecule is CC(C)NC1CC(CCC2Nc3ccc(C4(C#N)CC4)cc3N2)C1. The van der Waals surface area contributed by atoms with Crippen LogP contribution >= 0.6 is 0 Å². The summed E-state index contributed by atoms with van der Waals surface area (Å²) in [4.78, 5) is 0. The Balaban J connectivity index is 1.27. The Labute approximate surface area is 145 Å². The molecule has 24 heavy (non-hydrogen) atoms. The lowest BCUT2D eigenvalue weighted by atomic mass is 9.77. The van der Waals surface area contributed by atoms with Crippen LogP contribution in [0.4, 0.5) is 11.4 Å². The highest BCUT2D eigenvalue weighted by molar-refractivity contribution is 5.76. The molecule has 0 radical (unpaired) electrons. The molecule has 2 aliphatic carbocycles. The van der Waals surface area contributed by atoms with E-state index in [9.17, 15) is 5.26 Å². The number of hydrogen-bond donors (Lipinski definition) is 3. The van der Waals surface area contributed by atoms with Gasteiger partial charge in [-0.3, -0.25) is 0 Å². The first kappa shape index (κ1) is 15.8. The molecule has 4 heteroatoms. The quantitative estimate of drug-likeness (QED) is 0.741. The smallest absolute Gasteiger partial charge is 0.0964 e. The molecule has 3 aliphatic rings. The van der Waals surface area contributed by atoms with Crippen LogP contribution in [0.3, 0.4) is 0 Å². The van der Waals surface area contributed by atoms with E-state index in [1.54, 1.807) is 0 Å². The topological polar surface area (TPSA) is 59.9 Å². The predicted octanol–water partition coefficient (Wildman–Crippen LogP) is 3.96. The number of fused-ring (bicyclic) bond motifs is 1. The second kappa shape index (κ2) is 5.97. The van der Waals surface area contributed by atoms with E-state index in [0.29, 0.717) is 12.2 Å². The van der Waals surface area contributed by atoms with Crippen molar-refractivity contribution in [2.24, 2.45) is 5.92 Å². The van der Waals surface area contributed by atoms with Gasteiger partial charge in [-0.1, -0.05) is 19.9 Å². The number of nitrogens with one attached hydrogen (secondary N) is 3. The van der Waals surface area contributed by atoms with E-state index < -0.39 is 0 Å². The molecule has 1 atom stereocenters. The Morgan fingerprint density at radius 2 is 1.96 bits per heavy atom. The van der Waals surface area contributed by atoms with Gasteiger partial charge in [0.2, 0.25) is 0 Å². The summed E-state index contributed by atoms with van der Waals surface area (Å²) >= 11 is 0. The summed E-state index contributed by atoms with van der Waals surface area (Å²) in [7, 11) is 0. The minimum Gasteiger partial charge on any atom is -0.364 e. The molecule has 4 rings (SSSR count). The van der Waals surface area contributed by atoms with E-state index in [1.165, 1.54) is 36.2 Å². The van der Waals surface area contributed by atoms with Crippen molar-refractivity contribution in [1.82, 2.24) is 5.32 Å². The fraction of sp³-hybridized carbons (Fsp3) is 0.650. The zero-order valence-corrected chi connectivity index (χ0v) is 14.7. The van der Waals surface area contributed by atoms with Gasteiger partial charge >= 0.3 is 0 Å². The van der Waals surface area contributed by atoms with Gasteiger partial charge in [-0.05, 0) is 62.1 Å². The second-order valence-corrected chi connectivity index (χ2v) is 8.23. The summed E-state index contributed by atoms with van der Waals surface area (Å²) in [6.45, 7) is 4.45. The Kier molecular flexibility index (Phi) is 3.92. The third-order valence-electron chi connectivity index (χ3n) is 5.86. The number of anilines is 2. The van der Waals surface area contributed by atoms with E-state index in [2.05, 4.69) is 54.1 Å². The number of hydrogen-bond acceptors (Lipinski definition) is 4. The van der Waals surface area contributed by atoms with Crippen LogP contribution in [0.25, 0.3) is 0 Å².